The van der Waals surface area contributed by atoms with Gasteiger partial charge in [0.2, 0.25) is 0 Å². The number of ether oxygens (including phenoxy) is 5. The predicted molar refractivity (Wildman–Crippen MR) is 159 cm³/mol. The van der Waals surface area contributed by atoms with Crippen molar-refractivity contribution in [1.82, 2.24) is 0 Å². The van der Waals surface area contributed by atoms with E-state index in [1.54, 1.807) is 59.8 Å². The SMILES string of the molecule is C/C=C(\C)C(=O)O[C@@H]1/C(C)=C/[C@@]23O[C@@]2(C[C@H](C)[C@@H]3OC(=O)/C(C)=C/C)C(=O)[C@H](C)[C@@H](OC(C)=O)[C@@H]2[C@H](C1OC(C)=O)C2(C)C. The molecule has 2 saturated carbocycles. The van der Waals surface area contributed by atoms with Crippen LogP contribution in [0.15, 0.2) is 34.9 Å². The molecule has 0 spiro atoms. The Morgan fingerprint density at radius 1 is 0.841 bits per heavy atom. The minimum Gasteiger partial charge on any atom is -0.461 e. The van der Waals surface area contributed by atoms with Gasteiger partial charge in [-0.25, -0.2) is 9.59 Å². The molecule has 4 aliphatic rings. The summed E-state index contributed by atoms with van der Waals surface area (Å²) >= 11 is 0. The Morgan fingerprint density at radius 2 is 1.34 bits per heavy atom. The average molecular weight is 615 g/mol. The lowest BCUT2D eigenvalue weighted by atomic mass is 9.80. The topological polar surface area (TPSA) is 135 Å². The summed E-state index contributed by atoms with van der Waals surface area (Å²) in [4.78, 5) is 65.7. The van der Waals surface area contributed by atoms with Gasteiger partial charge in [0, 0.05) is 36.8 Å². The summed E-state index contributed by atoms with van der Waals surface area (Å²) in [5.74, 6) is -4.41. The van der Waals surface area contributed by atoms with Gasteiger partial charge >= 0.3 is 23.9 Å². The number of carbonyl (C=O) groups is 5. The van der Waals surface area contributed by atoms with E-state index in [1.807, 2.05) is 20.8 Å². The Balaban J connectivity index is 1.95. The van der Waals surface area contributed by atoms with E-state index in [0.717, 1.165) is 0 Å². The standard InChI is InChI=1S/C34H46O10/c1-12-16(3)30(38)42-25-18(5)14-34-29(43-31(39)17(4)13-2)19(6)15-33(34,44-34)28(37)20(7)26(40-21(8)35)23-24(32(23,10)11)27(25)41-22(9)36/h12-14,19-20,23-27,29H,15H2,1-11H3/b16-12+,17-13+,18-14+/t19-,20+,23-,24+,25+,26+,27?,29-,33-,34-/m0/s1. The third-order valence-corrected chi connectivity index (χ3v) is 10.3. The molecule has 0 N–H and O–H groups in total. The zero-order valence-corrected chi connectivity index (χ0v) is 27.6. The lowest BCUT2D eigenvalue weighted by Gasteiger charge is -2.30. The number of epoxide rings is 1. The van der Waals surface area contributed by atoms with Crippen LogP contribution in [0.5, 0.6) is 0 Å². The highest BCUT2D eigenvalue weighted by atomic mass is 16.7. The maximum atomic E-state index is 14.5. The number of fused-ring (bicyclic) bond motifs is 1. The molecule has 242 valence electrons. The molecule has 3 aliphatic carbocycles. The largest absolute Gasteiger partial charge is 0.461 e. The molecule has 10 nitrogen and oxygen atoms in total. The zero-order valence-electron chi connectivity index (χ0n) is 27.6. The Hall–Kier alpha value is -3.27. The summed E-state index contributed by atoms with van der Waals surface area (Å²) in [6, 6.07) is 0. The minimum atomic E-state index is -1.36. The van der Waals surface area contributed by atoms with E-state index in [4.69, 9.17) is 23.7 Å². The molecule has 10 atom stereocenters. The first-order chi connectivity index (χ1) is 20.4. The fraction of sp³-hybridized carbons (Fsp3) is 0.676. The summed E-state index contributed by atoms with van der Waals surface area (Å²) in [6.07, 6.45) is 1.52. The normalized spacial score (nSPS) is 40.5. The van der Waals surface area contributed by atoms with E-state index < -0.39 is 82.7 Å². The molecule has 1 aliphatic heterocycles. The van der Waals surface area contributed by atoms with Gasteiger partial charge in [-0.15, -0.1) is 0 Å². The fourth-order valence-electron chi connectivity index (χ4n) is 7.69. The lowest BCUT2D eigenvalue weighted by Crippen LogP contribution is -2.43. The molecule has 0 amide bonds. The maximum Gasteiger partial charge on any atom is 0.334 e. The van der Waals surface area contributed by atoms with Crippen molar-refractivity contribution in [3.63, 3.8) is 0 Å². The van der Waals surface area contributed by atoms with Crippen molar-refractivity contribution < 1.29 is 47.7 Å². The summed E-state index contributed by atoms with van der Waals surface area (Å²) in [5, 5.41) is 0. The van der Waals surface area contributed by atoms with Gasteiger partial charge in [-0.2, -0.15) is 0 Å². The van der Waals surface area contributed by atoms with Gasteiger partial charge < -0.3 is 23.7 Å². The number of ketones is 1. The van der Waals surface area contributed by atoms with Crippen LogP contribution < -0.4 is 0 Å². The van der Waals surface area contributed by atoms with E-state index in [2.05, 4.69) is 0 Å². The number of hydrogen-bond donors (Lipinski definition) is 0. The van der Waals surface area contributed by atoms with Crippen LogP contribution in [-0.2, 0) is 47.7 Å². The number of Topliss-reactive ketones (excluding diaryl/α,β-unsaturated/α-hetero) is 1. The quantitative estimate of drug-likeness (QED) is 0.137. The number of esters is 4. The maximum absolute atomic E-state index is 14.5. The smallest absolute Gasteiger partial charge is 0.334 e. The fourth-order valence-corrected chi connectivity index (χ4v) is 7.69. The van der Waals surface area contributed by atoms with Gasteiger partial charge in [0.05, 0.1) is 5.92 Å². The average Bonchev–Trinajstić information content (AvgIpc) is 3.74. The van der Waals surface area contributed by atoms with Crippen molar-refractivity contribution in [2.24, 2.45) is 29.1 Å². The third kappa shape index (κ3) is 5.33. The molecule has 0 radical (unpaired) electrons. The van der Waals surface area contributed by atoms with Crippen LogP contribution >= 0.6 is 0 Å². The Morgan fingerprint density at radius 3 is 1.86 bits per heavy atom. The van der Waals surface area contributed by atoms with Gasteiger partial charge in [-0.05, 0) is 64.0 Å². The number of carbonyl (C=O) groups excluding carboxylic acids is 5. The van der Waals surface area contributed by atoms with Crippen molar-refractivity contribution in [2.45, 2.75) is 118 Å². The molecule has 10 heteroatoms. The second-order valence-electron chi connectivity index (χ2n) is 13.6. The Labute approximate surface area is 259 Å². The van der Waals surface area contributed by atoms with E-state index in [1.165, 1.54) is 13.8 Å². The van der Waals surface area contributed by atoms with E-state index >= 15 is 0 Å². The zero-order chi connectivity index (χ0) is 33.1. The second-order valence-corrected chi connectivity index (χ2v) is 13.6. The van der Waals surface area contributed by atoms with Crippen LogP contribution in [0.1, 0.15) is 82.6 Å². The highest BCUT2D eigenvalue weighted by Crippen LogP contribution is 2.69. The second kappa shape index (κ2) is 11.6. The highest BCUT2D eigenvalue weighted by molar-refractivity contribution is 5.96. The van der Waals surface area contributed by atoms with Gasteiger partial charge in [-0.3, -0.25) is 14.4 Å². The van der Waals surface area contributed by atoms with E-state index in [9.17, 15) is 24.0 Å². The minimum absolute atomic E-state index is 0.258. The van der Waals surface area contributed by atoms with Gasteiger partial charge in [0.15, 0.2) is 23.1 Å². The molecule has 0 aromatic heterocycles. The number of hydrogen-bond acceptors (Lipinski definition) is 10. The molecule has 3 fully saturated rings. The van der Waals surface area contributed by atoms with Crippen LogP contribution in [0.4, 0.5) is 0 Å². The van der Waals surface area contributed by atoms with Crippen molar-refractivity contribution in [3.8, 4) is 0 Å². The van der Waals surface area contributed by atoms with Crippen molar-refractivity contribution >= 4 is 29.7 Å². The molecule has 1 unspecified atom stereocenters. The summed E-state index contributed by atoms with van der Waals surface area (Å²) < 4.78 is 30.4. The van der Waals surface area contributed by atoms with Crippen LogP contribution in [0.25, 0.3) is 0 Å². The molecule has 0 aromatic rings. The first kappa shape index (κ1) is 33.6. The summed E-state index contributed by atoms with van der Waals surface area (Å²) in [6.45, 7) is 18.6. The highest BCUT2D eigenvalue weighted by Gasteiger charge is 2.84. The predicted octanol–water partition coefficient (Wildman–Crippen LogP) is 4.59. The van der Waals surface area contributed by atoms with Crippen molar-refractivity contribution in [2.75, 3.05) is 0 Å². The van der Waals surface area contributed by atoms with Crippen molar-refractivity contribution in [1.29, 1.82) is 0 Å². The first-order valence-corrected chi connectivity index (χ1v) is 15.4. The lowest BCUT2D eigenvalue weighted by molar-refractivity contribution is -0.165. The molecule has 1 saturated heterocycles. The van der Waals surface area contributed by atoms with E-state index in [-0.39, 0.29) is 18.1 Å². The monoisotopic (exact) mass is 614 g/mol. The molecule has 4 rings (SSSR count). The third-order valence-electron chi connectivity index (χ3n) is 10.3. The Kier molecular flexibility index (Phi) is 8.85. The van der Waals surface area contributed by atoms with Gasteiger partial charge in [-0.1, -0.05) is 39.8 Å². The van der Waals surface area contributed by atoms with E-state index in [0.29, 0.717) is 16.7 Å². The van der Waals surface area contributed by atoms with Crippen LogP contribution in [0, 0.1) is 29.1 Å². The molecular formula is C34H46O10. The number of rotatable bonds is 6. The van der Waals surface area contributed by atoms with Crippen LogP contribution in [0.2, 0.25) is 0 Å². The molecular weight excluding hydrogens is 568 g/mol. The summed E-state index contributed by atoms with van der Waals surface area (Å²) in [7, 11) is 0. The van der Waals surface area contributed by atoms with Crippen LogP contribution in [0.3, 0.4) is 0 Å². The molecule has 0 bridgehead atoms. The van der Waals surface area contributed by atoms with Crippen molar-refractivity contribution in [3.05, 3.63) is 34.9 Å². The van der Waals surface area contributed by atoms with Gasteiger partial charge in [0.1, 0.15) is 18.3 Å². The molecule has 1 heterocycles. The van der Waals surface area contributed by atoms with Crippen LogP contribution in [-0.4, -0.2) is 65.3 Å². The number of allylic oxidation sites excluding steroid dienone is 2. The summed E-state index contributed by atoms with van der Waals surface area (Å²) in [5.41, 5.74) is -2.02. The Bertz CT molecular complexity index is 1350. The molecule has 44 heavy (non-hydrogen) atoms. The van der Waals surface area contributed by atoms with Gasteiger partial charge in [0.25, 0.3) is 0 Å². The molecule has 0 aromatic carbocycles. The first-order valence-electron chi connectivity index (χ1n) is 15.4.